The lowest BCUT2D eigenvalue weighted by molar-refractivity contribution is -0.108. The molecule has 0 amide bonds. The molecule has 0 bridgehead atoms. The van der Waals surface area contributed by atoms with Gasteiger partial charge in [0.2, 0.25) is 0 Å². The van der Waals surface area contributed by atoms with Crippen LogP contribution in [0.3, 0.4) is 0 Å². The Morgan fingerprint density at radius 3 is 2.23 bits per heavy atom. The van der Waals surface area contributed by atoms with Crippen molar-refractivity contribution in [3.63, 3.8) is 0 Å². The van der Waals surface area contributed by atoms with E-state index < -0.39 is 11.0 Å². The molecule has 3 aromatic rings. The molecule has 2 aromatic carbocycles. The molecule has 1 aromatic heterocycles. The average Bonchev–Trinajstić information content (AvgIpc) is 2.99. The first-order valence-electron chi connectivity index (χ1n) is 8.25. The van der Waals surface area contributed by atoms with Crippen molar-refractivity contribution in [3.05, 3.63) is 78.1 Å². The first-order chi connectivity index (χ1) is 12.6. The summed E-state index contributed by atoms with van der Waals surface area (Å²) >= 11 is 5.50. The summed E-state index contributed by atoms with van der Waals surface area (Å²) in [5.41, 5.74) is 2.72. The number of carbonyl (C=O) groups excluding carboxylic acids is 2. The van der Waals surface area contributed by atoms with Gasteiger partial charge in [0.05, 0.1) is 6.54 Å². The fourth-order valence-electron chi connectivity index (χ4n) is 2.91. The van der Waals surface area contributed by atoms with E-state index in [1.165, 1.54) is 0 Å². The van der Waals surface area contributed by atoms with E-state index in [2.05, 4.69) is 0 Å². The van der Waals surface area contributed by atoms with Gasteiger partial charge in [-0.25, -0.2) is 0 Å². The second-order valence-corrected chi connectivity index (χ2v) is 6.17. The first kappa shape index (κ1) is 18.0. The van der Waals surface area contributed by atoms with Gasteiger partial charge in [-0.05, 0) is 42.3 Å². The molecule has 5 heteroatoms. The van der Waals surface area contributed by atoms with Crippen molar-refractivity contribution >= 4 is 22.6 Å². The highest BCUT2D eigenvalue weighted by Crippen LogP contribution is 2.28. The molecule has 4 nitrogen and oxygen atoms in total. The van der Waals surface area contributed by atoms with Gasteiger partial charge in [0, 0.05) is 11.3 Å². The molecule has 3 rings (SSSR count). The van der Waals surface area contributed by atoms with Crippen molar-refractivity contribution in [2.75, 3.05) is 6.61 Å². The minimum atomic E-state index is -0.995. The Labute approximate surface area is 157 Å². The molecule has 0 saturated carbocycles. The summed E-state index contributed by atoms with van der Waals surface area (Å²) in [6.07, 6.45) is 0. The van der Waals surface area contributed by atoms with E-state index in [0.29, 0.717) is 24.4 Å². The summed E-state index contributed by atoms with van der Waals surface area (Å²) in [4.78, 5) is 24.0. The van der Waals surface area contributed by atoms with Crippen LogP contribution in [-0.2, 0) is 11.3 Å². The van der Waals surface area contributed by atoms with Gasteiger partial charge < -0.3 is 9.30 Å². The van der Waals surface area contributed by atoms with Crippen LogP contribution in [0.25, 0.3) is 11.1 Å². The SMILES string of the molecule is Cc1cc(-c2ccccc2)c(C(=O)C(=O)Cl)n1CCOc1ccccc1. The van der Waals surface area contributed by atoms with Gasteiger partial charge in [0.1, 0.15) is 18.1 Å². The number of aromatic nitrogens is 1. The minimum Gasteiger partial charge on any atom is -0.492 e. The normalized spacial score (nSPS) is 10.5. The topological polar surface area (TPSA) is 48.3 Å². The standard InChI is InChI=1S/C21H18ClNO3/c1-15-14-18(16-8-4-2-5-9-16)19(20(24)21(22)25)23(15)12-13-26-17-10-6-3-7-11-17/h2-11,14H,12-13H2,1H3. The zero-order chi connectivity index (χ0) is 18.5. The largest absolute Gasteiger partial charge is 0.492 e. The fraction of sp³-hybridized carbons (Fsp3) is 0.143. The van der Waals surface area contributed by atoms with Crippen molar-refractivity contribution in [1.82, 2.24) is 4.57 Å². The highest BCUT2D eigenvalue weighted by Gasteiger charge is 2.24. The number of carbonyl (C=O) groups is 2. The molecular weight excluding hydrogens is 350 g/mol. The van der Waals surface area contributed by atoms with E-state index in [-0.39, 0.29) is 0 Å². The van der Waals surface area contributed by atoms with Gasteiger partial charge in [0.15, 0.2) is 0 Å². The lowest BCUT2D eigenvalue weighted by atomic mass is 10.0. The molecule has 132 valence electrons. The van der Waals surface area contributed by atoms with Crippen molar-refractivity contribution in [2.24, 2.45) is 0 Å². The highest BCUT2D eigenvalue weighted by molar-refractivity contribution is 6.83. The van der Waals surface area contributed by atoms with Crippen LogP contribution in [-0.4, -0.2) is 22.2 Å². The molecule has 0 fully saturated rings. The van der Waals surface area contributed by atoms with Crippen molar-refractivity contribution in [3.8, 4) is 16.9 Å². The molecule has 0 saturated heterocycles. The number of para-hydroxylation sites is 1. The van der Waals surface area contributed by atoms with E-state index in [1.807, 2.05) is 73.7 Å². The monoisotopic (exact) mass is 367 g/mol. The smallest absolute Gasteiger partial charge is 0.294 e. The van der Waals surface area contributed by atoms with Gasteiger partial charge in [-0.2, -0.15) is 0 Å². The second-order valence-electron chi connectivity index (χ2n) is 5.83. The van der Waals surface area contributed by atoms with Crippen LogP contribution in [0, 0.1) is 6.92 Å². The third kappa shape index (κ3) is 3.86. The number of Topliss-reactive ketones (excluding diaryl/α,β-unsaturated/α-hetero) is 1. The summed E-state index contributed by atoms with van der Waals surface area (Å²) in [5, 5.41) is -0.995. The summed E-state index contributed by atoms with van der Waals surface area (Å²) in [5.74, 6) is 0.0419. The van der Waals surface area contributed by atoms with Gasteiger partial charge in [-0.3, -0.25) is 9.59 Å². The van der Waals surface area contributed by atoms with Crippen LogP contribution in [0.1, 0.15) is 16.2 Å². The maximum absolute atomic E-state index is 12.5. The highest BCUT2D eigenvalue weighted by atomic mass is 35.5. The van der Waals surface area contributed by atoms with Gasteiger partial charge >= 0.3 is 0 Å². The summed E-state index contributed by atoms with van der Waals surface area (Å²) in [7, 11) is 0. The Kier molecular flexibility index (Phi) is 5.54. The molecule has 1 heterocycles. The van der Waals surface area contributed by atoms with Crippen LogP contribution in [0.5, 0.6) is 5.75 Å². The van der Waals surface area contributed by atoms with Crippen LogP contribution < -0.4 is 4.74 Å². The van der Waals surface area contributed by atoms with E-state index in [4.69, 9.17) is 16.3 Å². The summed E-state index contributed by atoms with van der Waals surface area (Å²) < 4.78 is 7.51. The number of rotatable bonds is 7. The average molecular weight is 368 g/mol. The first-order valence-corrected chi connectivity index (χ1v) is 8.63. The lowest BCUT2D eigenvalue weighted by Crippen LogP contribution is -2.19. The number of aryl methyl sites for hydroxylation is 1. The maximum Gasteiger partial charge on any atom is 0.294 e. The number of hydrogen-bond donors (Lipinski definition) is 0. The Bertz CT molecular complexity index is 917. The number of nitrogens with zero attached hydrogens (tertiary/aromatic N) is 1. The van der Waals surface area contributed by atoms with Crippen molar-refractivity contribution in [2.45, 2.75) is 13.5 Å². The molecule has 0 radical (unpaired) electrons. The number of halogens is 1. The van der Waals surface area contributed by atoms with E-state index >= 15 is 0 Å². The fourth-order valence-corrected chi connectivity index (χ4v) is 3.00. The summed E-state index contributed by atoms with van der Waals surface area (Å²) in [6, 6.07) is 20.8. The molecule has 26 heavy (non-hydrogen) atoms. The third-order valence-electron chi connectivity index (χ3n) is 4.11. The molecule has 0 N–H and O–H groups in total. The van der Waals surface area contributed by atoms with E-state index in [0.717, 1.165) is 17.0 Å². The minimum absolute atomic E-state index is 0.297. The van der Waals surface area contributed by atoms with Crippen molar-refractivity contribution < 1.29 is 14.3 Å². The number of benzene rings is 2. The predicted octanol–water partition coefficient (Wildman–Crippen LogP) is 4.49. The third-order valence-corrected chi connectivity index (χ3v) is 4.28. The zero-order valence-corrected chi connectivity index (χ0v) is 15.1. The lowest BCUT2D eigenvalue weighted by Gasteiger charge is -2.12. The van der Waals surface area contributed by atoms with Crippen LogP contribution in [0.15, 0.2) is 66.7 Å². The van der Waals surface area contributed by atoms with Gasteiger partial charge in [0.25, 0.3) is 11.0 Å². The Morgan fingerprint density at radius 1 is 1.00 bits per heavy atom. The molecule has 0 atom stereocenters. The molecule has 0 aliphatic rings. The Morgan fingerprint density at radius 2 is 1.62 bits per heavy atom. The zero-order valence-electron chi connectivity index (χ0n) is 14.3. The van der Waals surface area contributed by atoms with Gasteiger partial charge in [-0.15, -0.1) is 0 Å². The van der Waals surface area contributed by atoms with Crippen LogP contribution in [0.4, 0.5) is 0 Å². The molecule has 0 unspecified atom stereocenters. The van der Waals surface area contributed by atoms with Crippen LogP contribution >= 0.6 is 11.6 Å². The summed E-state index contributed by atoms with van der Waals surface area (Å²) in [6.45, 7) is 2.69. The van der Waals surface area contributed by atoms with Crippen molar-refractivity contribution in [1.29, 1.82) is 0 Å². The molecular formula is C21H18ClNO3. The van der Waals surface area contributed by atoms with E-state index in [1.54, 1.807) is 4.57 Å². The number of ketones is 1. The number of ether oxygens (including phenoxy) is 1. The molecule has 0 aliphatic heterocycles. The molecule has 0 aliphatic carbocycles. The second kappa shape index (κ2) is 8.02. The van der Waals surface area contributed by atoms with Crippen LogP contribution in [0.2, 0.25) is 0 Å². The Hall–Kier alpha value is -2.85. The quantitative estimate of drug-likeness (QED) is 0.351. The molecule has 0 spiro atoms. The maximum atomic E-state index is 12.5. The van der Waals surface area contributed by atoms with E-state index in [9.17, 15) is 9.59 Å². The number of hydrogen-bond acceptors (Lipinski definition) is 3. The predicted molar refractivity (Wildman–Crippen MR) is 102 cm³/mol. The van der Waals surface area contributed by atoms with Gasteiger partial charge in [-0.1, -0.05) is 48.5 Å². The Balaban J connectivity index is 1.92.